The summed E-state index contributed by atoms with van der Waals surface area (Å²) < 4.78 is 5.21. The topological polar surface area (TPSA) is 52.3 Å². The summed E-state index contributed by atoms with van der Waals surface area (Å²) in [5, 5.41) is -0.571. The van der Waals surface area contributed by atoms with Crippen LogP contribution in [0.5, 0.6) is 0 Å². The van der Waals surface area contributed by atoms with Crippen LogP contribution in [-0.2, 0) is 16.1 Å². The third-order valence-electron chi connectivity index (χ3n) is 1.70. The van der Waals surface area contributed by atoms with Crippen molar-refractivity contribution in [3.63, 3.8) is 0 Å². The highest BCUT2D eigenvalue weighted by Crippen LogP contribution is 2.01. The smallest absolute Gasteiger partial charge is 0.240 e. The van der Waals surface area contributed by atoms with Crippen LogP contribution in [0.2, 0.25) is 0 Å². The fourth-order valence-electron chi connectivity index (χ4n) is 0.943. The summed E-state index contributed by atoms with van der Waals surface area (Å²) in [6.45, 7) is 0.593. The van der Waals surface area contributed by atoms with Crippen molar-refractivity contribution in [3.8, 4) is 0 Å². The summed E-state index contributed by atoms with van der Waals surface area (Å²) in [7, 11) is 0. The van der Waals surface area contributed by atoms with E-state index < -0.39 is 11.3 Å². The van der Waals surface area contributed by atoms with Crippen LogP contribution in [0.1, 0.15) is 5.56 Å². The summed E-state index contributed by atoms with van der Waals surface area (Å²) in [4.78, 5) is 10.5. The van der Waals surface area contributed by atoms with Crippen molar-refractivity contribution >= 4 is 16.8 Å². The highest BCUT2D eigenvalue weighted by atomic mass is 35.5. The third-order valence-corrected chi connectivity index (χ3v) is 1.98. The molecule has 0 heterocycles. The van der Waals surface area contributed by atoms with Gasteiger partial charge in [-0.1, -0.05) is 30.3 Å². The molecule has 0 aromatic heterocycles. The molecule has 1 atom stereocenters. The molecule has 0 spiro atoms. The van der Waals surface area contributed by atoms with E-state index >= 15 is 0 Å². The largest absolute Gasteiger partial charge is 0.375 e. The van der Waals surface area contributed by atoms with Crippen molar-refractivity contribution in [2.24, 2.45) is 5.73 Å². The highest BCUT2D eigenvalue weighted by Gasteiger charge is 2.09. The van der Waals surface area contributed by atoms with Crippen LogP contribution in [0.25, 0.3) is 0 Å². The second-order valence-electron chi connectivity index (χ2n) is 2.91. The Hall–Kier alpha value is -0.900. The first-order valence-corrected chi connectivity index (χ1v) is 4.64. The molecule has 0 aliphatic heterocycles. The molecule has 4 heteroatoms. The number of carbonyl (C=O) groups excluding carboxylic acids is 1. The third kappa shape index (κ3) is 3.87. The van der Waals surface area contributed by atoms with Crippen molar-refractivity contribution in [2.75, 3.05) is 6.61 Å². The van der Waals surface area contributed by atoms with Gasteiger partial charge in [0, 0.05) is 0 Å². The van der Waals surface area contributed by atoms with E-state index in [1.165, 1.54) is 0 Å². The monoisotopic (exact) mass is 213 g/mol. The zero-order valence-electron chi connectivity index (χ0n) is 7.65. The van der Waals surface area contributed by atoms with Gasteiger partial charge in [-0.2, -0.15) is 0 Å². The number of hydrogen-bond acceptors (Lipinski definition) is 3. The second-order valence-corrected chi connectivity index (χ2v) is 3.28. The Bertz CT molecular complexity index is 289. The number of rotatable bonds is 5. The van der Waals surface area contributed by atoms with Crippen LogP contribution in [0, 0.1) is 0 Å². The van der Waals surface area contributed by atoms with E-state index in [0.717, 1.165) is 5.56 Å². The van der Waals surface area contributed by atoms with Crippen LogP contribution in [0.4, 0.5) is 0 Å². The van der Waals surface area contributed by atoms with Crippen molar-refractivity contribution < 1.29 is 9.53 Å². The molecule has 0 radical (unpaired) electrons. The maximum absolute atomic E-state index is 10.5. The number of benzene rings is 1. The number of nitrogens with two attached hydrogens (primary N) is 1. The summed E-state index contributed by atoms with van der Waals surface area (Å²) in [5.74, 6) is 0. The summed E-state index contributed by atoms with van der Waals surface area (Å²) in [6, 6.07) is 8.91. The lowest BCUT2D eigenvalue weighted by atomic mass is 10.2. The lowest BCUT2D eigenvalue weighted by Gasteiger charge is -2.07. The van der Waals surface area contributed by atoms with E-state index in [0.29, 0.717) is 6.61 Å². The average molecular weight is 214 g/mol. The van der Waals surface area contributed by atoms with Gasteiger partial charge in [0.25, 0.3) is 0 Å². The zero-order valence-corrected chi connectivity index (χ0v) is 8.41. The molecule has 0 saturated heterocycles. The predicted molar refractivity (Wildman–Crippen MR) is 54.9 cm³/mol. The molecule has 3 nitrogen and oxygen atoms in total. The average Bonchev–Trinajstić information content (AvgIpc) is 2.19. The second kappa shape index (κ2) is 5.75. The minimum absolute atomic E-state index is 0.150. The van der Waals surface area contributed by atoms with E-state index in [1.54, 1.807) is 0 Å². The molecule has 1 rings (SSSR count). The Morgan fingerprint density at radius 1 is 1.43 bits per heavy atom. The van der Waals surface area contributed by atoms with Gasteiger partial charge >= 0.3 is 0 Å². The Labute approximate surface area is 87.8 Å². The molecule has 1 aromatic rings. The molecule has 14 heavy (non-hydrogen) atoms. The molecular weight excluding hydrogens is 202 g/mol. The fraction of sp³-hybridized carbons (Fsp3) is 0.300. The quantitative estimate of drug-likeness (QED) is 0.751. The van der Waals surface area contributed by atoms with Crippen LogP contribution < -0.4 is 5.73 Å². The Kier molecular flexibility index (Phi) is 4.59. The van der Waals surface area contributed by atoms with Gasteiger partial charge in [0.15, 0.2) is 0 Å². The highest BCUT2D eigenvalue weighted by molar-refractivity contribution is 6.64. The molecule has 0 aliphatic rings. The summed E-state index contributed by atoms with van der Waals surface area (Å²) in [6.07, 6.45) is 0. The SMILES string of the molecule is N[C@H](COCc1ccccc1)C(=O)Cl. The zero-order chi connectivity index (χ0) is 10.4. The normalized spacial score (nSPS) is 12.4. The molecule has 0 saturated carbocycles. The standard InChI is InChI=1S/C10H12ClNO2/c11-10(13)9(12)7-14-6-8-4-2-1-3-5-8/h1-5,9H,6-7,12H2/t9-/m1/s1. The minimum Gasteiger partial charge on any atom is -0.375 e. The summed E-state index contributed by atoms with van der Waals surface area (Å²) in [5.41, 5.74) is 6.42. The van der Waals surface area contributed by atoms with Gasteiger partial charge in [0.05, 0.1) is 13.2 Å². The van der Waals surface area contributed by atoms with Crippen LogP contribution in [0.3, 0.4) is 0 Å². The number of hydrogen-bond donors (Lipinski definition) is 1. The molecular formula is C10H12ClNO2. The van der Waals surface area contributed by atoms with Crippen molar-refractivity contribution in [1.82, 2.24) is 0 Å². The summed E-state index contributed by atoms with van der Waals surface area (Å²) >= 11 is 5.17. The molecule has 0 fully saturated rings. The first-order chi connectivity index (χ1) is 6.70. The van der Waals surface area contributed by atoms with E-state index in [-0.39, 0.29) is 6.61 Å². The van der Waals surface area contributed by atoms with E-state index in [4.69, 9.17) is 22.1 Å². The molecule has 0 bridgehead atoms. The molecule has 0 aliphatic carbocycles. The van der Waals surface area contributed by atoms with Gasteiger partial charge in [-0.15, -0.1) is 0 Å². The number of halogens is 1. The van der Waals surface area contributed by atoms with E-state index in [9.17, 15) is 4.79 Å². The van der Waals surface area contributed by atoms with Crippen molar-refractivity contribution in [2.45, 2.75) is 12.6 Å². The van der Waals surface area contributed by atoms with Crippen LogP contribution in [0.15, 0.2) is 30.3 Å². The first kappa shape index (κ1) is 11.2. The minimum atomic E-state index is -0.736. The van der Waals surface area contributed by atoms with Gasteiger partial charge in [-0.05, 0) is 17.2 Å². The van der Waals surface area contributed by atoms with Crippen LogP contribution in [-0.4, -0.2) is 17.9 Å². The molecule has 0 unspecified atom stereocenters. The predicted octanol–water partition coefficient (Wildman–Crippen LogP) is 1.30. The van der Waals surface area contributed by atoms with Gasteiger partial charge in [0.2, 0.25) is 5.24 Å². The lowest BCUT2D eigenvalue weighted by molar-refractivity contribution is -0.114. The Balaban J connectivity index is 2.26. The van der Waals surface area contributed by atoms with Crippen LogP contribution >= 0.6 is 11.6 Å². The maximum atomic E-state index is 10.5. The fourth-order valence-corrected chi connectivity index (χ4v) is 1.01. The van der Waals surface area contributed by atoms with E-state index in [1.807, 2.05) is 30.3 Å². The number of ether oxygens (including phenoxy) is 1. The number of carbonyl (C=O) groups is 1. The van der Waals surface area contributed by atoms with E-state index in [2.05, 4.69) is 0 Å². The molecule has 2 N–H and O–H groups in total. The van der Waals surface area contributed by atoms with Crippen molar-refractivity contribution in [1.29, 1.82) is 0 Å². The van der Waals surface area contributed by atoms with Gasteiger partial charge < -0.3 is 10.5 Å². The first-order valence-electron chi connectivity index (χ1n) is 4.26. The van der Waals surface area contributed by atoms with Gasteiger partial charge in [-0.25, -0.2) is 0 Å². The lowest BCUT2D eigenvalue weighted by Crippen LogP contribution is -2.31. The van der Waals surface area contributed by atoms with Crippen molar-refractivity contribution in [3.05, 3.63) is 35.9 Å². The van der Waals surface area contributed by atoms with Gasteiger partial charge in [0.1, 0.15) is 6.04 Å². The molecule has 1 aromatic carbocycles. The Morgan fingerprint density at radius 3 is 2.64 bits per heavy atom. The molecule has 76 valence electrons. The Morgan fingerprint density at radius 2 is 2.07 bits per heavy atom. The molecule has 0 amide bonds. The van der Waals surface area contributed by atoms with Gasteiger partial charge in [-0.3, -0.25) is 4.79 Å². The maximum Gasteiger partial charge on any atom is 0.240 e.